The Kier molecular flexibility index (Phi) is 12.0. The number of aliphatic hydroxyl groups is 2. The zero-order chi connectivity index (χ0) is 39.7. The van der Waals surface area contributed by atoms with Gasteiger partial charge in [0.1, 0.15) is 29.0 Å². The van der Waals surface area contributed by atoms with E-state index in [-0.39, 0.29) is 16.9 Å². The van der Waals surface area contributed by atoms with Gasteiger partial charge in [-0.15, -0.1) is 0 Å². The Labute approximate surface area is 305 Å². The van der Waals surface area contributed by atoms with Crippen molar-refractivity contribution in [3.63, 3.8) is 0 Å². The van der Waals surface area contributed by atoms with Gasteiger partial charge >= 0.3 is 11.8 Å². The van der Waals surface area contributed by atoms with Gasteiger partial charge in [-0.3, -0.25) is 24.0 Å². The smallest absolute Gasteiger partial charge is 0.312 e. The van der Waals surface area contributed by atoms with Crippen molar-refractivity contribution in [1.82, 2.24) is 5.32 Å². The van der Waals surface area contributed by atoms with E-state index < -0.39 is 117 Å². The number of aromatic hydroxyl groups is 1. The number of azide groups is 1. The summed E-state index contributed by atoms with van der Waals surface area (Å²) in [5, 5.41) is 39.5. The Hall–Kier alpha value is -5.28. The van der Waals surface area contributed by atoms with Crippen molar-refractivity contribution in [2.45, 2.75) is 85.6 Å². The van der Waals surface area contributed by atoms with E-state index in [4.69, 9.17) is 18.9 Å². The van der Waals surface area contributed by atoms with Gasteiger partial charge in [-0.1, -0.05) is 51.0 Å². The Morgan fingerprint density at radius 2 is 1.64 bits per heavy atom. The lowest BCUT2D eigenvalue weighted by atomic mass is 9.78. The van der Waals surface area contributed by atoms with E-state index >= 15 is 0 Å². The molecule has 9 unspecified atom stereocenters. The minimum absolute atomic E-state index is 0.0303. The fourth-order valence-corrected chi connectivity index (χ4v) is 6.82. The molecule has 1 amide bonds. The molecule has 1 aromatic carbocycles. The second-order valence-corrected chi connectivity index (χ2v) is 13.7. The third kappa shape index (κ3) is 7.49. The summed E-state index contributed by atoms with van der Waals surface area (Å²) >= 11 is 0. The molecule has 9 atom stereocenters. The maximum absolute atomic E-state index is 14.0. The third-order valence-corrected chi connectivity index (χ3v) is 10.1. The van der Waals surface area contributed by atoms with Gasteiger partial charge in [0.2, 0.25) is 5.78 Å². The number of fused-ring (bicyclic) bond motifs is 14. The van der Waals surface area contributed by atoms with Crippen LogP contribution in [0.4, 0.5) is 0 Å². The van der Waals surface area contributed by atoms with Crippen LogP contribution in [0.15, 0.2) is 52.6 Å². The van der Waals surface area contributed by atoms with Crippen molar-refractivity contribution >= 4 is 29.2 Å². The van der Waals surface area contributed by atoms with Crippen LogP contribution < -0.4 is 10.1 Å². The molecule has 4 aliphatic rings. The lowest BCUT2D eigenvalue weighted by molar-refractivity contribution is -0.160. The van der Waals surface area contributed by atoms with Gasteiger partial charge < -0.3 is 39.6 Å². The maximum atomic E-state index is 14.0. The van der Waals surface area contributed by atoms with Crippen LogP contribution in [0.25, 0.3) is 10.4 Å². The first-order valence-corrected chi connectivity index (χ1v) is 16.9. The summed E-state index contributed by atoms with van der Waals surface area (Å²) in [5.74, 6) is -10.4. The van der Waals surface area contributed by atoms with Crippen molar-refractivity contribution in [2.75, 3.05) is 7.11 Å². The number of amides is 1. The van der Waals surface area contributed by atoms with Crippen LogP contribution in [0.5, 0.6) is 11.5 Å². The molecule has 5 bridgehead atoms. The molecular formula is C37H44N4O12. The number of ketones is 3. The third-order valence-electron chi connectivity index (χ3n) is 10.1. The van der Waals surface area contributed by atoms with Crippen LogP contribution in [0, 0.1) is 30.6 Å². The number of benzene rings is 1. The predicted molar refractivity (Wildman–Crippen MR) is 187 cm³/mol. The van der Waals surface area contributed by atoms with Crippen molar-refractivity contribution in [1.29, 1.82) is 0 Å². The zero-order valence-electron chi connectivity index (χ0n) is 30.9. The number of phenols is 1. The Morgan fingerprint density at radius 1 is 0.981 bits per heavy atom. The van der Waals surface area contributed by atoms with Crippen LogP contribution in [0.2, 0.25) is 0 Å². The molecule has 3 heterocycles. The molecular weight excluding hydrogens is 692 g/mol. The SMILES string of the molecule is COC1/C=C\OC2(C)Oc3c(C)c(O)c4c(c3C2=O)C(=O)C(N=[N+]=[N-])=C(NC(=O)/C(C)=C\C=C/C(C)C(O)C(C)C(O)C(C)C(OC(C)=O)C1C)C4=O. The van der Waals surface area contributed by atoms with E-state index in [1.54, 1.807) is 33.8 Å². The van der Waals surface area contributed by atoms with Crippen LogP contribution in [0.1, 0.15) is 85.1 Å². The number of allylic oxidation sites excluding steroid dienone is 4. The largest absolute Gasteiger partial charge is 0.507 e. The minimum atomic E-state index is -2.14. The number of hydrogen-bond acceptors (Lipinski definition) is 13. The highest BCUT2D eigenvalue weighted by molar-refractivity contribution is 6.32. The number of esters is 1. The summed E-state index contributed by atoms with van der Waals surface area (Å²) in [6.07, 6.45) is 2.97. The molecule has 3 aliphatic heterocycles. The van der Waals surface area contributed by atoms with E-state index in [0.29, 0.717) is 0 Å². The van der Waals surface area contributed by atoms with Gasteiger partial charge in [0.25, 0.3) is 11.7 Å². The topological polar surface area (TPSA) is 244 Å². The number of carbonyl (C=O) groups is 5. The molecule has 0 radical (unpaired) electrons. The highest BCUT2D eigenvalue weighted by Gasteiger charge is 2.52. The first kappa shape index (κ1) is 40.5. The highest BCUT2D eigenvalue weighted by atomic mass is 16.7. The Bertz CT molecular complexity index is 1910. The molecule has 4 N–H and O–H groups in total. The van der Waals surface area contributed by atoms with Gasteiger partial charge in [0, 0.05) is 60.7 Å². The molecule has 0 saturated heterocycles. The molecule has 0 spiro atoms. The van der Waals surface area contributed by atoms with Crippen molar-refractivity contribution in [3.05, 3.63) is 80.2 Å². The number of ether oxygens (including phenoxy) is 4. The summed E-state index contributed by atoms with van der Waals surface area (Å²) < 4.78 is 23.1. The van der Waals surface area contributed by atoms with E-state index in [9.17, 15) is 44.8 Å². The standard InChI is InChI=1S/C37H44N4O12/c1-15-11-10-12-16(2)36(49)39-26-27(40-41-38)31(46)23-24(32(26)47)30(45)20(6)34-25(23)35(48)37(8,53-34)51-14-13-22(50-9)17(3)33(52-21(7)42)19(5)29(44)18(4)28(15)43/h10-15,17-19,22,28-29,33,43-45H,1-9H3,(H,39,49)/b11-10-,14-13-,16-12-. The number of phenolic OH excluding ortho intramolecular Hbond substituents is 1. The van der Waals surface area contributed by atoms with Crippen LogP contribution >= 0.6 is 0 Å². The van der Waals surface area contributed by atoms with Crippen molar-refractivity contribution in [2.24, 2.45) is 28.8 Å². The van der Waals surface area contributed by atoms with Gasteiger partial charge in [0.15, 0.2) is 5.78 Å². The highest BCUT2D eigenvalue weighted by Crippen LogP contribution is 2.48. The molecule has 16 heteroatoms. The number of Topliss-reactive ketones (excluding diaryl/α,β-unsaturated/α-hetero) is 3. The monoisotopic (exact) mass is 736 g/mol. The average Bonchev–Trinajstić information content (AvgIpc) is 3.38. The average molecular weight is 737 g/mol. The number of rotatable bonds is 3. The summed E-state index contributed by atoms with van der Waals surface area (Å²) in [6, 6.07) is 0. The molecule has 0 fully saturated rings. The number of nitrogens with one attached hydrogen (secondary N) is 1. The second-order valence-electron chi connectivity index (χ2n) is 13.7. The molecule has 1 aliphatic carbocycles. The first-order valence-electron chi connectivity index (χ1n) is 16.9. The molecule has 0 saturated carbocycles. The quantitative estimate of drug-likeness (QED) is 0.147. The van der Waals surface area contributed by atoms with Gasteiger partial charge in [-0.2, -0.15) is 0 Å². The van der Waals surface area contributed by atoms with Gasteiger partial charge in [-0.05, 0) is 25.5 Å². The maximum Gasteiger partial charge on any atom is 0.312 e. The van der Waals surface area contributed by atoms with Gasteiger partial charge in [0.05, 0.1) is 41.3 Å². The number of carbonyl (C=O) groups excluding carboxylic acids is 5. The zero-order valence-corrected chi connectivity index (χ0v) is 30.9. The predicted octanol–water partition coefficient (Wildman–Crippen LogP) is 4.27. The summed E-state index contributed by atoms with van der Waals surface area (Å²) in [4.78, 5) is 70.1. The molecule has 0 aromatic heterocycles. The summed E-state index contributed by atoms with van der Waals surface area (Å²) in [6.45, 7) is 12.0. The fraction of sp³-hybridized carbons (Fsp3) is 0.486. The molecule has 53 heavy (non-hydrogen) atoms. The molecule has 5 rings (SSSR count). The second kappa shape index (κ2) is 15.8. The van der Waals surface area contributed by atoms with Crippen LogP contribution in [0.3, 0.4) is 0 Å². The number of nitrogens with zero attached hydrogens (tertiary/aromatic N) is 3. The summed E-state index contributed by atoms with van der Waals surface area (Å²) in [5.41, 5.74) is 6.12. The number of hydrogen-bond donors (Lipinski definition) is 4. The molecule has 284 valence electrons. The number of aliphatic hydroxyl groups excluding tert-OH is 2. The first-order chi connectivity index (χ1) is 24.8. The lowest BCUT2D eigenvalue weighted by Gasteiger charge is -2.38. The molecule has 1 aromatic rings. The van der Waals surface area contributed by atoms with E-state index in [2.05, 4.69) is 15.3 Å². The van der Waals surface area contributed by atoms with E-state index in [1.165, 1.54) is 53.0 Å². The van der Waals surface area contributed by atoms with Crippen molar-refractivity contribution < 1.29 is 58.2 Å². The lowest BCUT2D eigenvalue weighted by Crippen LogP contribution is -2.46. The van der Waals surface area contributed by atoms with Crippen LogP contribution in [-0.2, 0) is 23.8 Å². The van der Waals surface area contributed by atoms with Gasteiger partial charge in [-0.25, -0.2) is 0 Å². The van der Waals surface area contributed by atoms with Crippen LogP contribution in [-0.4, -0.2) is 81.9 Å². The Morgan fingerprint density at radius 3 is 2.25 bits per heavy atom. The normalized spacial score (nSPS) is 33.2. The van der Waals surface area contributed by atoms with Crippen molar-refractivity contribution in [3.8, 4) is 11.5 Å². The van der Waals surface area contributed by atoms with E-state index in [0.717, 1.165) is 6.26 Å². The molecule has 16 nitrogen and oxygen atoms in total. The minimum Gasteiger partial charge on any atom is -0.507 e. The number of methoxy groups -OCH3 is 1. The Balaban J connectivity index is 1.91. The fourth-order valence-electron chi connectivity index (χ4n) is 6.82. The summed E-state index contributed by atoms with van der Waals surface area (Å²) in [7, 11) is 1.39. The van der Waals surface area contributed by atoms with E-state index in [1.807, 2.05) is 0 Å².